The summed E-state index contributed by atoms with van der Waals surface area (Å²) >= 11 is 0. The first-order valence-corrected chi connectivity index (χ1v) is 8.69. The molecule has 2 heterocycles. The van der Waals surface area contributed by atoms with E-state index in [0.717, 1.165) is 0 Å². The van der Waals surface area contributed by atoms with Crippen molar-refractivity contribution < 1.29 is 18.3 Å². The molecule has 1 fully saturated rings. The molecule has 0 spiro atoms. The molecule has 0 aliphatic carbocycles. The van der Waals surface area contributed by atoms with Crippen LogP contribution < -0.4 is 0 Å². The van der Waals surface area contributed by atoms with Gasteiger partial charge in [-0.15, -0.1) is 0 Å². The van der Waals surface area contributed by atoms with Gasteiger partial charge in [-0.25, -0.2) is 13.2 Å². The van der Waals surface area contributed by atoms with Gasteiger partial charge >= 0.3 is 6.09 Å². The molecule has 0 aromatic carbocycles. The maximum atomic E-state index is 12.4. The van der Waals surface area contributed by atoms with E-state index in [-0.39, 0.29) is 22.6 Å². The summed E-state index contributed by atoms with van der Waals surface area (Å²) in [4.78, 5) is 12.4. The van der Waals surface area contributed by atoms with Crippen LogP contribution in [0.3, 0.4) is 0 Å². The summed E-state index contributed by atoms with van der Waals surface area (Å²) in [5.41, 5.74) is 0. The second kappa shape index (κ2) is 6.05. The van der Waals surface area contributed by atoms with Crippen LogP contribution in [0.1, 0.15) is 32.7 Å². The summed E-state index contributed by atoms with van der Waals surface area (Å²) < 4.78 is 26.4. The quantitative estimate of drug-likeness (QED) is 0.911. The van der Waals surface area contributed by atoms with Gasteiger partial charge < -0.3 is 10.0 Å². The second-order valence-electron chi connectivity index (χ2n) is 5.74. The molecule has 8 heteroatoms. The molecule has 0 radical (unpaired) electrons. The molecular weight excluding hydrogens is 294 g/mol. The number of hydrogen-bond acceptors (Lipinski definition) is 4. The Morgan fingerprint density at radius 1 is 1.43 bits per heavy atom. The lowest BCUT2D eigenvalue weighted by atomic mass is 9.99. The molecule has 1 N–H and O–H groups in total. The van der Waals surface area contributed by atoms with Gasteiger partial charge in [0.05, 0.1) is 11.9 Å². The largest absolute Gasteiger partial charge is 0.465 e. The zero-order valence-corrected chi connectivity index (χ0v) is 13.1. The third-order valence-corrected chi connectivity index (χ3v) is 5.65. The first-order valence-electron chi connectivity index (χ1n) is 7.04. The van der Waals surface area contributed by atoms with E-state index in [4.69, 9.17) is 5.11 Å². The van der Waals surface area contributed by atoms with Crippen molar-refractivity contribution in [1.82, 2.24) is 14.7 Å². The minimum absolute atomic E-state index is 0.00741. The van der Waals surface area contributed by atoms with Crippen molar-refractivity contribution in [2.75, 3.05) is 18.8 Å². The molecule has 0 atom stereocenters. The Bertz CT molecular complexity index is 601. The number of rotatable bonds is 4. The van der Waals surface area contributed by atoms with Crippen LogP contribution in [0.25, 0.3) is 0 Å². The van der Waals surface area contributed by atoms with Gasteiger partial charge in [0.25, 0.3) is 0 Å². The number of nitrogens with zero attached hydrogens (tertiary/aromatic N) is 3. The predicted octanol–water partition coefficient (Wildman–Crippen LogP) is 1.63. The molecule has 0 bridgehead atoms. The fourth-order valence-electron chi connectivity index (χ4n) is 2.46. The smallest absolute Gasteiger partial charge is 0.407 e. The maximum absolute atomic E-state index is 12.4. The van der Waals surface area contributed by atoms with E-state index in [9.17, 15) is 13.2 Å². The molecule has 21 heavy (non-hydrogen) atoms. The van der Waals surface area contributed by atoms with Crippen LogP contribution in [0.2, 0.25) is 0 Å². The van der Waals surface area contributed by atoms with E-state index in [1.165, 1.54) is 11.1 Å². The van der Waals surface area contributed by atoms with Crippen molar-refractivity contribution in [2.24, 2.45) is 5.92 Å². The lowest BCUT2D eigenvalue weighted by Crippen LogP contribution is -2.39. The molecule has 0 saturated carbocycles. The highest BCUT2D eigenvalue weighted by atomic mass is 32.2. The maximum Gasteiger partial charge on any atom is 0.407 e. The monoisotopic (exact) mass is 315 g/mol. The number of piperidine rings is 1. The highest BCUT2D eigenvalue weighted by molar-refractivity contribution is 7.91. The highest BCUT2D eigenvalue weighted by Gasteiger charge is 2.28. The van der Waals surface area contributed by atoms with Crippen molar-refractivity contribution in [3.8, 4) is 0 Å². The second-order valence-corrected chi connectivity index (χ2v) is 7.78. The SMILES string of the molecule is CC(C)n1cc(S(=O)(=O)CC2CCN(C(=O)O)CC2)cn1. The molecule has 1 aliphatic heterocycles. The van der Waals surface area contributed by atoms with Crippen LogP contribution in [-0.2, 0) is 9.84 Å². The van der Waals surface area contributed by atoms with Crippen molar-refractivity contribution in [3.63, 3.8) is 0 Å². The lowest BCUT2D eigenvalue weighted by molar-refractivity contribution is 0.127. The van der Waals surface area contributed by atoms with Crippen molar-refractivity contribution in [2.45, 2.75) is 37.6 Å². The standard InChI is InChI=1S/C13H21N3O4S/c1-10(2)16-8-12(7-14-16)21(19,20)9-11-3-5-15(6-4-11)13(17)18/h7-8,10-11H,3-6,9H2,1-2H3,(H,17,18). The number of hydrogen-bond donors (Lipinski definition) is 1. The van der Waals surface area contributed by atoms with Gasteiger partial charge in [0.1, 0.15) is 4.90 Å². The summed E-state index contributed by atoms with van der Waals surface area (Å²) in [5.74, 6) is 0.0672. The number of sulfone groups is 1. The zero-order valence-electron chi connectivity index (χ0n) is 12.3. The summed E-state index contributed by atoms with van der Waals surface area (Å²) in [5, 5.41) is 12.9. The van der Waals surface area contributed by atoms with Gasteiger partial charge in [-0.2, -0.15) is 5.10 Å². The number of carbonyl (C=O) groups is 1. The van der Waals surface area contributed by atoms with Crippen molar-refractivity contribution >= 4 is 15.9 Å². The lowest BCUT2D eigenvalue weighted by Gasteiger charge is -2.29. The van der Waals surface area contributed by atoms with Crippen LogP contribution in [0.4, 0.5) is 4.79 Å². The van der Waals surface area contributed by atoms with Crippen LogP contribution in [0.5, 0.6) is 0 Å². The van der Waals surface area contributed by atoms with E-state index in [1.54, 1.807) is 10.9 Å². The van der Waals surface area contributed by atoms with Crippen LogP contribution >= 0.6 is 0 Å². The first-order chi connectivity index (χ1) is 9.79. The highest BCUT2D eigenvalue weighted by Crippen LogP contribution is 2.23. The van der Waals surface area contributed by atoms with Crippen molar-refractivity contribution in [1.29, 1.82) is 0 Å². The van der Waals surface area contributed by atoms with Crippen LogP contribution in [0.15, 0.2) is 17.3 Å². The molecule has 1 aliphatic rings. The van der Waals surface area contributed by atoms with Crippen LogP contribution in [-0.4, -0.2) is 53.1 Å². The average Bonchev–Trinajstić information content (AvgIpc) is 2.89. The Morgan fingerprint density at radius 2 is 2.05 bits per heavy atom. The first kappa shape index (κ1) is 15.8. The van der Waals surface area contributed by atoms with Gasteiger partial charge in [0.15, 0.2) is 9.84 Å². The molecule has 0 unspecified atom stereocenters. The molecular formula is C13H21N3O4S. The fraction of sp³-hybridized carbons (Fsp3) is 0.692. The molecule has 118 valence electrons. The number of likely N-dealkylation sites (tertiary alicyclic amines) is 1. The van der Waals surface area contributed by atoms with Gasteiger partial charge in [-0.3, -0.25) is 4.68 Å². The Kier molecular flexibility index (Phi) is 4.55. The number of aromatic nitrogens is 2. The molecule has 1 amide bonds. The molecule has 1 aromatic rings. The predicted molar refractivity (Wildman–Crippen MR) is 77.0 cm³/mol. The molecule has 1 saturated heterocycles. The summed E-state index contributed by atoms with van der Waals surface area (Å²) in [6, 6.07) is 0.118. The van der Waals surface area contributed by atoms with E-state index >= 15 is 0 Å². The van der Waals surface area contributed by atoms with Gasteiger partial charge in [-0.05, 0) is 32.6 Å². The van der Waals surface area contributed by atoms with Crippen molar-refractivity contribution in [3.05, 3.63) is 12.4 Å². The Morgan fingerprint density at radius 3 is 2.52 bits per heavy atom. The van der Waals surface area contributed by atoms with E-state index in [2.05, 4.69) is 5.10 Å². The molecule has 1 aromatic heterocycles. The van der Waals surface area contributed by atoms with Gasteiger partial charge in [0, 0.05) is 25.3 Å². The fourth-order valence-corrected chi connectivity index (χ4v) is 4.08. The molecule has 2 rings (SSSR count). The Balaban J connectivity index is 2.00. The topological polar surface area (TPSA) is 92.5 Å². The Labute approximate surface area is 124 Å². The number of carboxylic acid groups (broad SMARTS) is 1. The van der Waals surface area contributed by atoms with Gasteiger partial charge in [-0.1, -0.05) is 0 Å². The minimum Gasteiger partial charge on any atom is -0.465 e. The van der Waals surface area contributed by atoms with E-state index < -0.39 is 15.9 Å². The summed E-state index contributed by atoms with van der Waals surface area (Å²) in [7, 11) is -3.36. The van der Waals surface area contributed by atoms with E-state index in [1.807, 2.05) is 13.8 Å². The summed E-state index contributed by atoms with van der Waals surface area (Å²) in [6.07, 6.45) is 3.19. The minimum atomic E-state index is -3.36. The van der Waals surface area contributed by atoms with Crippen LogP contribution in [0, 0.1) is 5.92 Å². The zero-order chi connectivity index (χ0) is 15.6. The summed E-state index contributed by atoms with van der Waals surface area (Å²) in [6.45, 7) is 4.68. The third-order valence-electron chi connectivity index (χ3n) is 3.81. The Hall–Kier alpha value is -1.57. The average molecular weight is 315 g/mol. The molecule has 7 nitrogen and oxygen atoms in total. The van der Waals surface area contributed by atoms with E-state index in [0.29, 0.717) is 25.9 Å². The normalized spacial score (nSPS) is 17.4. The van der Waals surface area contributed by atoms with Gasteiger partial charge in [0.2, 0.25) is 0 Å². The number of amides is 1. The third kappa shape index (κ3) is 3.75.